The quantitative estimate of drug-likeness (QED) is 0.317. The van der Waals surface area contributed by atoms with Gasteiger partial charge in [0.15, 0.2) is 0 Å². The summed E-state index contributed by atoms with van der Waals surface area (Å²) in [7, 11) is 0. The SMILES string of the molecule is CCCOC(=O)c1cccc(N2C(=O)C(Cl)=C(Nc3cccc(C(=O)NCc4ccccc4)c3)C2=O)c1. The van der Waals surface area contributed by atoms with Gasteiger partial charge in [0.05, 0.1) is 17.9 Å². The Morgan fingerprint density at radius 2 is 1.62 bits per heavy atom. The van der Waals surface area contributed by atoms with Gasteiger partial charge in [-0.2, -0.15) is 0 Å². The molecule has 9 heteroatoms. The Kier molecular flexibility index (Phi) is 8.00. The van der Waals surface area contributed by atoms with E-state index in [4.69, 9.17) is 16.3 Å². The number of hydrogen-bond acceptors (Lipinski definition) is 6. The van der Waals surface area contributed by atoms with Crippen LogP contribution in [0.4, 0.5) is 11.4 Å². The lowest BCUT2D eigenvalue weighted by Gasteiger charge is -2.16. The molecule has 0 unspecified atom stereocenters. The third-order valence-electron chi connectivity index (χ3n) is 5.49. The molecule has 0 atom stereocenters. The number of halogens is 1. The van der Waals surface area contributed by atoms with Crippen LogP contribution in [0.25, 0.3) is 0 Å². The van der Waals surface area contributed by atoms with E-state index in [1.165, 1.54) is 18.2 Å². The number of benzene rings is 3. The third-order valence-corrected chi connectivity index (χ3v) is 5.85. The molecule has 1 aliphatic rings. The molecule has 4 rings (SSSR count). The summed E-state index contributed by atoms with van der Waals surface area (Å²) in [5.41, 5.74) is 1.99. The highest BCUT2D eigenvalue weighted by Crippen LogP contribution is 2.31. The van der Waals surface area contributed by atoms with Crippen molar-refractivity contribution in [2.75, 3.05) is 16.8 Å². The molecule has 0 saturated heterocycles. The van der Waals surface area contributed by atoms with Crippen LogP contribution in [0.5, 0.6) is 0 Å². The molecule has 3 amide bonds. The van der Waals surface area contributed by atoms with Gasteiger partial charge in [0.2, 0.25) is 0 Å². The summed E-state index contributed by atoms with van der Waals surface area (Å²) < 4.78 is 5.13. The van der Waals surface area contributed by atoms with Gasteiger partial charge in [0.1, 0.15) is 10.7 Å². The molecule has 3 aromatic carbocycles. The standard InChI is InChI=1S/C28H24ClN3O5/c1-2-14-37-28(36)20-11-7-13-22(16-20)32-26(34)23(29)24(27(32)35)31-21-12-6-10-19(15-21)25(33)30-17-18-8-4-3-5-9-18/h3-13,15-16,31H,2,14,17H2,1H3,(H,30,33). The Morgan fingerprint density at radius 3 is 2.38 bits per heavy atom. The second-order valence-electron chi connectivity index (χ2n) is 8.20. The van der Waals surface area contributed by atoms with Gasteiger partial charge >= 0.3 is 5.97 Å². The zero-order valence-corrected chi connectivity index (χ0v) is 20.7. The first-order chi connectivity index (χ1) is 17.9. The van der Waals surface area contributed by atoms with Crippen molar-refractivity contribution >= 4 is 46.7 Å². The fourth-order valence-electron chi connectivity index (χ4n) is 3.66. The summed E-state index contributed by atoms with van der Waals surface area (Å²) in [6.45, 7) is 2.50. The summed E-state index contributed by atoms with van der Waals surface area (Å²) in [6.07, 6.45) is 0.666. The largest absolute Gasteiger partial charge is 0.462 e. The van der Waals surface area contributed by atoms with Gasteiger partial charge in [-0.25, -0.2) is 9.69 Å². The van der Waals surface area contributed by atoms with Crippen LogP contribution < -0.4 is 15.5 Å². The Balaban J connectivity index is 1.48. The van der Waals surface area contributed by atoms with Gasteiger partial charge in [-0.05, 0) is 48.4 Å². The van der Waals surface area contributed by atoms with E-state index in [1.807, 2.05) is 37.3 Å². The van der Waals surface area contributed by atoms with Crippen LogP contribution in [0.3, 0.4) is 0 Å². The lowest BCUT2D eigenvalue weighted by atomic mass is 10.1. The van der Waals surface area contributed by atoms with Crippen LogP contribution in [-0.2, 0) is 20.9 Å². The minimum Gasteiger partial charge on any atom is -0.462 e. The fourth-order valence-corrected chi connectivity index (χ4v) is 3.87. The van der Waals surface area contributed by atoms with Gasteiger partial charge in [-0.3, -0.25) is 14.4 Å². The molecule has 2 N–H and O–H groups in total. The first kappa shape index (κ1) is 25.7. The van der Waals surface area contributed by atoms with Crippen LogP contribution in [0.1, 0.15) is 39.6 Å². The maximum atomic E-state index is 13.2. The zero-order valence-electron chi connectivity index (χ0n) is 20.0. The van der Waals surface area contributed by atoms with Crippen LogP contribution in [0.15, 0.2) is 89.6 Å². The smallest absolute Gasteiger partial charge is 0.338 e. The predicted molar refractivity (Wildman–Crippen MR) is 140 cm³/mol. The van der Waals surface area contributed by atoms with E-state index in [1.54, 1.807) is 30.3 Å². The van der Waals surface area contributed by atoms with E-state index < -0.39 is 17.8 Å². The van der Waals surface area contributed by atoms with Gasteiger partial charge in [-0.1, -0.05) is 61.0 Å². The number of anilines is 2. The zero-order chi connectivity index (χ0) is 26.4. The van der Waals surface area contributed by atoms with Crippen LogP contribution >= 0.6 is 11.6 Å². The van der Waals surface area contributed by atoms with E-state index in [0.29, 0.717) is 24.2 Å². The average molecular weight is 518 g/mol. The molecule has 3 aromatic rings. The van der Waals surface area contributed by atoms with Crippen molar-refractivity contribution in [1.82, 2.24) is 5.32 Å². The van der Waals surface area contributed by atoms with Crippen molar-refractivity contribution in [3.8, 4) is 0 Å². The van der Waals surface area contributed by atoms with E-state index in [0.717, 1.165) is 10.5 Å². The number of esters is 1. The molecule has 0 bridgehead atoms. The molecular weight excluding hydrogens is 494 g/mol. The van der Waals surface area contributed by atoms with Crippen molar-refractivity contribution < 1.29 is 23.9 Å². The van der Waals surface area contributed by atoms with Gasteiger partial charge in [0, 0.05) is 17.8 Å². The summed E-state index contributed by atoms with van der Waals surface area (Å²) in [6, 6.07) is 22.0. The van der Waals surface area contributed by atoms with Crippen molar-refractivity contribution in [3.05, 3.63) is 106 Å². The average Bonchev–Trinajstić information content (AvgIpc) is 3.14. The maximum absolute atomic E-state index is 13.2. The van der Waals surface area contributed by atoms with Crippen LogP contribution in [0.2, 0.25) is 0 Å². The summed E-state index contributed by atoms with van der Waals surface area (Å²) in [5, 5.41) is 5.41. The molecule has 188 valence electrons. The lowest BCUT2D eigenvalue weighted by molar-refractivity contribution is -0.120. The van der Waals surface area contributed by atoms with Gasteiger partial charge in [-0.15, -0.1) is 0 Å². The molecule has 0 saturated carbocycles. The molecule has 37 heavy (non-hydrogen) atoms. The Bertz CT molecular complexity index is 1390. The molecule has 0 fully saturated rings. The highest BCUT2D eigenvalue weighted by atomic mass is 35.5. The summed E-state index contributed by atoms with van der Waals surface area (Å²) in [5.74, 6) is -2.27. The Labute approximate surface area is 218 Å². The van der Waals surface area contributed by atoms with E-state index in [9.17, 15) is 19.2 Å². The number of amides is 3. The van der Waals surface area contributed by atoms with Crippen LogP contribution in [-0.4, -0.2) is 30.3 Å². The highest BCUT2D eigenvalue weighted by molar-refractivity contribution is 6.53. The molecule has 0 radical (unpaired) electrons. The molecule has 1 aliphatic heterocycles. The van der Waals surface area contributed by atoms with E-state index >= 15 is 0 Å². The van der Waals surface area contributed by atoms with Gasteiger partial charge in [0.25, 0.3) is 17.7 Å². The monoisotopic (exact) mass is 517 g/mol. The lowest BCUT2D eigenvalue weighted by Crippen LogP contribution is -2.32. The number of carbonyl (C=O) groups is 4. The topological polar surface area (TPSA) is 105 Å². The van der Waals surface area contributed by atoms with Crippen LogP contribution in [0, 0.1) is 0 Å². The number of nitrogens with one attached hydrogen (secondary N) is 2. The minimum absolute atomic E-state index is 0.132. The highest BCUT2D eigenvalue weighted by Gasteiger charge is 2.39. The van der Waals surface area contributed by atoms with Crippen molar-refractivity contribution in [3.63, 3.8) is 0 Å². The third kappa shape index (κ3) is 5.87. The fraction of sp³-hybridized carbons (Fsp3) is 0.143. The normalized spacial score (nSPS) is 13.1. The first-order valence-corrected chi connectivity index (χ1v) is 12.0. The van der Waals surface area contributed by atoms with Crippen molar-refractivity contribution in [2.45, 2.75) is 19.9 Å². The van der Waals surface area contributed by atoms with Gasteiger partial charge < -0.3 is 15.4 Å². The number of imide groups is 1. The number of nitrogens with zero attached hydrogens (tertiary/aromatic N) is 1. The minimum atomic E-state index is -0.731. The summed E-state index contributed by atoms with van der Waals surface area (Å²) in [4.78, 5) is 51.8. The van der Waals surface area contributed by atoms with Crippen molar-refractivity contribution in [2.24, 2.45) is 0 Å². The molecule has 0 spiro atoms. The molecule has 1 heterocycles. The maximum Gasteiger partial charge on any atom is 0.338 e. The number of rotatable bonds is 9. The van der Waals surface area contributed by atoms with E-state index in [-0.39, 0.29) is 34.5 Å². The number of carbonyl (C=O) groups excluding carboxylic acids is 4. The molecule has 8 nitrogen and oxygen atoms in total. The second-order valence-corrected chi connectivity index (χ2v) is 8.57. The molecule has 0 aliphatic carbocycles. The summed E-state index contributed by atoms with van der Waals surface area (Å²) >= 11 is 6.24. The Hall–Kier alpha value is -4.43. The predicted octanol–water partition coefficient (Wildman–Crippen LogP) is 4.62. The number of hydrogen-bond donors (Lipinski definition) is 2. The Morgan fingerprint density at radius 1 is 0.892 bits per heavy atom. The van der Waals surface area contributed by atoms with Crippen molar-refractivity contribution in [1.29, 1.82) is 0 Å². The molecule has 0 aromatic heterocycles. The van der Waals surface area contributed by atoms with E-state index in [2.05, 4.69) is 10.6 Å². The molecular formula is C28H24ClN3O5. The number of ether oxygens (including phenoxy) is 1. The first-order valence-electron chi connectivity index (χ1n) is 11.6. The second kappa shape index (κ2) is 11.5.